The number of piperidine rings is 1. The number of amides is 1. The molecule has 0 unspecified atom stereocenters. The number of rotatable bonds is 3. The van der Waals surface area contributed by atoms with E-state index in [1.54, 1.807) is 17.0 Å². The third kappa shape index (κ3) is 4.29. The minimum absolute atomic E-state index is 0.0358. The van der Waals surface area contributed by atoms with Crippen molar-refractivity contribution in [2.45, 2.75) is 39.2 Å². The first-order valence-corrected chi connectivity index (χ1v) is 13.9. The summed E-state index contributed by atoms with van der Waals surface area (Å²) in [5.74, 6) is 1.69. The number of hydrogen-bond acceptors (Lipinski definition) is 7. The number of nitrogens with one attached hydrogen (secondary N) is 1. The fraction of sp³-hybridized carbons (Fsp3) is 0.290. The quantitative estimate of drug-likeness (QED) is 0.396. The van der Waals surface area contributed by atoms with E-state index in [4.69, 9.17) is 9.47 Å². The highest BCUT2D eigenvalue weighted by molar-refractivity contribution is 7.11. The number of phenolic OH excluding ortho intramolecular Hbond substituents is 1. The van der Waals surface area contributed by atoms with E-state index in [0.717, 1.165) is 32.8 Å². The van der Waals surface area contributed by atoms with Gasteiger partial charge in [-0.2, -0.15) is 0 Å². The van der Waals surface area contributed by atoms with E-state index >= 15 is 0 Å². The number of anilines is 1. The van der Waals surface area contributed by atoms with Crippen LogP contribution < -0.4 is 14.8 Å². The Morgan fingerprint density at radius 3 is 2.64 bits per heavy atom. The summed E-state index contributed by atoms with van der Waals surface area (Å²) >= 11 is 1.47. The molecule has 200 valence electrons. The van der Waals surface area contributed by atoms with Crippen LogP contribution in [0.1, 0.15) is 60.0 Å². The van der Waals surface area contributed by atoms with Gasteiger partial charge in [0.15, 0.2) is 11.5 Å². The molecule has 2 N–H and O–H groups in total. The van der Waals surface area contributed by atoms with E-state index < -0.39 is 0 Å². The third-order valence-corrected chi connectivity index (χ3v) is 8.33. The van der Waals surface area contributed by atoms with Gasteiger partial charge in [-0.05, 0) is 62.1 Å². The number of carbonyl (C=O) groups is 2. The average molecular weight is 543 g/mol. The number of fused-ring (bicyclic) bond motifs is 5. The number of carbonyl (C=O) groups excluding carboxylic acids is 2. The van der Waals surface area contributed by atoms with Crippen LogP contribution in [-0.4, -0.2) is 47.4 Å². The van der Waals surface area contributed by atoms with Crippen LogP contribution in [0, 0.1) is 0 Å². The van der Waals surface area contributed by atoms with Crippen LogP contribution in [0.5, 0.6) is 17.2 Å². The number of allylic oxidation sites excluding steroid dienone is 1. The van der Waals surface area contributed by atoms with E-state index in [0.29, 0.717) is 54.3 Å². The molecule has 1 aromatic heterocycles. The number of hydrogen-bond donors (Lipinski definition) is 2. The lowest BCUT2D eigenvalue weighted by molar-refractivity contribution is -0.120. The molecule has 6 rings (SSSR count). The molecule has 0 atom stereocenters. The first kappa shape index (κ1) is 25.2. The lowest BCUT2D eigenvalue weighted by Gasteiger charge is -2.35. The van der Waals surface area contributed by atoms with Crippen LogP contribution in [-0.2, 0) is 4.79 Å². The van der Waals surface area contributed by atoms with Crippen LogP contribution in [0.3, 0.4) is 0 Å². The maximum atomic E-state index is 13.4. The van der Waals surface area contributed by atoms with Crippen molar-refractivity contribution in [1.82, 2.24) is 4.90 Å². The van der Waals surface area contributed by atoms with Crippen LogP contribution in [0.4, 0.5) is 5.69 Å². The number of phenols is 1. The van der Waals surface area contributed by atoms with Crippen molar-refractivity contribution in [3.8, 4) is 28.4 Å². The number of ketones is 1. The van der Waals surface area contributed by atoms with Gasteiger partial charge in [-0.25, -0.2) is 0 Å². The monoisotopic (exact) mass is 542 g/mol. The number of benzene rings is 2. The Balaban J connectivity index is 1.53. The van der Waals surface area contributed by atoms with Gasteiger partial charge in [0.2, 0.25) is 0 Å². The molecule has 4 heterocycles. The SMILES string of the molecule is COc1c(O)ccc2c1-c1ccc3c(c1C(=Cc1sccc1C(=O)N1CCC(=O)CC1)O2)C(C)=CC(C)(C)N3. The number of likely N-dealkylation sites (tertiary alicyclic amines) is 1. The Hall–Kier alpha value is -4.04. The Morgan fingerprint density at radius 1 is 1.13 bits per heavy atom. The Bertz CT molecular complexity index is 1590. The van der Waals surface area contributed by atoms with Gasteiger partial charge in [-0.1, -0.05) is 12.1 Å². The summed E-state index contributed by atoms with van der Waals surface area (Å²) in [6.07, 6.45) is 4.92. The molecule has 3 aliphatic rings. The van der Waals surface area contributed by atoms with E-state index in [-0.39, 0.29) is 23.0 Å². The summed E-state index contributed by atoms with van der Waals surface area (Å²) in [6, 6.07) is 9.22. The summed E-state index contributed by atoms with van der Waals surface area (Å²) in [7, 11) is 1.53. The summed E-state index contributed by atoms with van der Waals surface area (Å²) in [4.78, 5) is 27.7. The zero-order valence-electron chi connectivity index (χ0n) is 22.4. The van der Waals surface area contributed by atoms with Crippen molar-refractivity contribution in [2.24, 2.45) is 0 Å². The molecule has 1 saturated heterocycles. The number of Topliss-reactive ketones (excluding diaryl/α,β-unsaturated/α-hetero) is 1. The summed E-state index contributed by atoms with van der Waals surface area (Å²) in [6.45, 7) is 7.23. The predicted molar refractivity (Wildman–Crippen MR) is 154 cm³/mol. The number of aromatic hydroxyl groups is 1. The Morgan fingerprint density at radius 2 is 1.90 bits per heavy atom. The highest BCUT2D eigenvalue weighted by Crippen LogP contribution is 2.54. The van der Waals surface area contributed by atoms with Gasteiger partial charge in [0.25, 0.3) is 5.91 Å². The number of ether oxygens (including phenoxy) is 2. The first-order valence-electron chi connectivity index (χ1n) is 13.0. The topological polar surface area (TPSA) is 88.1 Å². The lowest BCUT2D eigenvalue weighted by atomic mass is 9.83. The largest absolute Gasteiger partial charge is 0.504 e. The molecule has 1 fully saturated rings. The minimum Gasteiger partial charge on any atom is -0.504 e. The molecule has 1 amide bonds. The number of thiophene rings is 1. The smallest absolute Gasteiger partial charge is 0.255 e. The van der Waals surface area contributed by atoms with Crippen LogP contribution in [0.25, 0.3) is 28.5 Å². The van der Waals surface area contributed by atoms with Crippen molar-refractivity contribution < 1.29 is 24.2 Å². The second-order valence-electron chi connectivity index (χ2n) is 10.7. The average Bonchev–Trinajstić information content (AvgIpc) is 3.36. The zero-order valence-corrected chi connectivity index (χ0v) is 23.2. The molecule has 0 spiro atoms. The van der Waals surface area contributed by atoms with Crippen molar-refractivity contribution in [1.29, 1.82) is 0 Å². The lowest BCUT2D eigenvalue weighted by Crippen LogP contribution is -2.38. The van der Waals surface area contributed by atoms with Gasteiger partial charge in [0, 0.05) is 53.2 Å². The van der Waals surface area contributed by atoms with Crippen molar-refractivity contribution in [2.75, 3.05) is 25.5 Å². The van der Waals surface area contributed by atoms with Crippen molar-refractivity contribution in [3.63, 3.8) is 0 Å². The van der Waals surface area contributed by atoms with E-state index in [2.05, 4.69) is 38.2 Å². The van der Waals surface area contributed by atoms with Gasteiger partial charge in [0.1, 0.15) is 17.3 Å². The van der Waals surface area contributed by atoms with Crippen LogP contribution in [0.15, 0.2) is 41.8 Å². The summed E-state index contributed by atoms with van der Waals surface area (Å²) in [5.41, 5.74) is 5.90. The van der Waals surface area contributed by atoms with Gasteiger partial charge >= 0.3 is 0 Å². The molecule has 7 nitrogen and oxygen atoms in total. The van der Waals surface area contributed by atoms with Gasteiger partial charge in [0.05, 0.1) is 23.8 Å². The maximum Gasteiger partial charge on any atom is 0.255 e. The first-order chi connectivity index (χ1) is 18.7. The highest BCUT2D eigenvalue weighted by Gasteiger charge is 2.34. The normalized spacial score (nSPS) is 18.4. The molecule has 3 aromatic rings. The fourth-order valence-electron chi connectivity index (χ4n) is 5.81. The molecule has 3 aliphatic heterocycles. The molecule has 8 heteroatoms. The Kier molecular flexibility index (Phi) is 6.03. The highest BCUT2D eigenvalue weighted by atomic mass is 32.1. The van der Waals surface area contributed by atoms with Crippen LogP contribution in [0.2, 0.25) is 0 Å². The van der Waals surface area contributed by atoms with Gasteiger partial charge in [-0.15, -0.1) is 11.3 Å². The van der Waals surface area contributed by atoms with Crippen molar-refractivity contribution >= 4 is 46.1 Å². The van der Waals surface area contributed by atoms with Crippen LogP contribution >= 0.6 is 11.3 Å². The van der Waals surface area contributed by atoms with Gasteiger partial charge in [-0.3, -0.25) is 9.59 Å². The predicted octanol–water partition coefficient (Wildman–Crippen LogP) is 6.43. The number of nitrogens with zero attached hydrogens (tertiary/aromatic N) is 1. The summed E-state index contributed by atoms with van der Waals surface area (Å²) in [5, 5.41) is 16.1. The molecular formula is C31H30N2O5S. The van der Waals surface area contributed by atoms with Gasteiger partial charge < -0.3 is 24.8 Å². The molecule has 39 heavy (non-hydrogen) atoms. The zero-order chi connectivity index (χ0) is 27.5. The molecular weight excluding hydrogens is 512 g/mol. The molecule has 0 aliphatic carbocycles. The van der Waals surface area contributed by atoms with E-state index in [1.165, 1.54) is 18.4 Å². The standard InChI is InChI=1S/C31H30N2O5S/c1-17-16-31(2,3)32-21-6-5-20-27(26(17)21)24(38-23-8-7-22(35)29(37-4)28(20)23)15-25-19(11-14-39-25)30(36)33-12-9-18(34)10-13-33/h5-8,11,14-16,32,35H,9-10,12-13H2,1-4H3. The van der Waals surface area contributed by atoms with Crippen molar-refractivity contribution in [3.05, 3.63) is 63.4 Å². The second-order valence-corrected chi connectivity index (χ2v) is 11.7. The molecule has 0 radical (unpaired) electrons. The molecule has 0 bridgehead atoms. The van der Waals surface area contributed by atoms with E-state index in [9.17, 15) is 14.7 Å². The molecule has 0 saturated carbocycles. The number of methoxy groups -OCH3 is 1. The summed E-state index contributed by atoms with van der Waals surface area (Å²) < 4.78 is 12.2. The maximum absolute atomic E-state index is 13.4. The third-order valence-electron chi connectivity index (χ3n) is 7.47. The fourth-order valence-corrected chi connectivity index (χ4v) is 6.61. The second kappa shape index (κ2) is 9.31. The minimum atomic E-state index is -0.220. The van der Waals surface area contributed by atoms with E-state index in [1.807, 2.05) is 23.6 Å². The Labute approximate surface area is 231 Å². The molecule has 2 aromatic carbocycles.